The Labute approximate surface area is 92.8 Å². The van der Waals surface area contributed by atoms with Crippen LogP contribution in [0.3, 0.4) is 0 Å². The standard InChI is InChI=1S/C14H10O2/c15-13-8-4-7-11-12(9-16-14(11)13)10-5-2-1-3-6-10/h1-9,15H. The summed E-state index contributed by atoms with van der Waals surface area (Å²) in [5.74, 6) is 0.180. The van der Waals surface area contributed by atoms with Gasteiger partial charge >= 0.3 is 0 Å². The molecule has 3 aromatic rings. The predicted octanol–water partition coefficient (Wildman–Crippen LogP) is 3.81. The minimum Gasteiger partial charge on any atom is -0.504 e. The van der Waals surface area contributed by atoms with Crippen LogP contribution in [0.5, 0.6) is 5.75 Å². The van der Waals surface area contributed by atoms with E-state index in [1.165, 1.54) is 0 Å². The fourth-order valence-corrected chi connectivity index (χ4v) is 1.88. The topological polar surface area (TPSA) is 33.4 Å². The number of furan rings is 1. The highest BCUT2D eigenvalue weighted by Crippen LogP contribution is 2.34. The highest BCUT2D eigenvalue weighted by atomic mass is 16.3. The number of hydrogen-bond donors (Lipinski definition) is 1. The number of hydrogen-bond acceptors (Lipinski definition) is 2. The maximum atomic E-state index is 9.64. The van der Waals surface area contributed by atoms with Gasteiger partial charge in [-0.1, -0.05) is 42.5 Å². The Morgan fingerprint density at radius 1 is 0.875 bits per heavy atom. The molecule has 0 saturated carbocycles. The minimum atomic E-state index is 0.180. The van der Waals surface area contributed by atoms with Crippen LogP contribution in [-0.2, 0) is 0 Å². The summed E-state index contributed by atoms with van der Waals surface area (Å²) in [5, 5.41) is 10.6. The van der Waals surface area contributed by atoms with Gasteiger partial charge in [-0.05, 0) is 11.6 Å². The van der Waals surface area contributed by atoms with Gasteiger partial charge in [0, 0.05) is 10.9 Å². The molecule has 0 aliphatic rings. The van der Waals surface area contributed by atoms with Crippen LogP contribution in [0.4, 0.5) is 0 Å². The van der Waals surface area contributed by atoms with E-state index in [0.29, 0.717) is 5.58 Å². The lowest BCUT2D eigenvalue weighted by molar-refractivity contribution is 0.465. The first-order valence-corrected chi connectivity index (χ1v) is 5.11. The molecule has 2 heteroatoms. The lowest BCUT2D eigenvalue weighted by Crippen LogP contribution is -1.73. The van der Waals surface area contributed by atoms with Crippen LogP contribution in [0, 0.1) is 0 Å². The molecule has 0 spiro atoms. The number of rotatable bonds is 1. The Morgan fingerprint density at radius 3 is 2.50 bits per heavy atom. The van der Waals surface area contributed by atoms with Crippen molar-refractivity contribution in [3.8, 4) is 16.9 Å². The molecular weight excluding hydrogens is 200 g/mol. The first-order valence-electron chi connectivity index (χ1n) is 5.11. The Balaban J connectivity index is 2.30. The van der Waals surface area contributed by atoms with Crippen molar-refractivity contribution in [2.24, 2.45) is 0 Å². The highest BCUT2D eigenvalue weighted by Gasteiger charge is 2.09. The zero-order valence-electron chi connectivity index (χ0n) is 8.55. The number of benzene rings is 2. The molecule has 0 fully saturated rings. The summed E-state index contributed by atoms with van der Waals surface area (Å²) < 4.78 is 5.38. The maximum Gasteiger partial charge on any atom is 0.176 e. The quantitative estimate of drug-likeness (QED) is 0.662. The van der Waals surface area contributed by atoms with Crippen LogP contribution in [0.15, 0.2) is 59.2 Å². The summed E-state index contributed by atoms with van der Waals surface area (Å²) in [6.07, 6.45) is 1.68. The van der Waals surface area contributed by atoms with Gasteiger partial charge in [-0.15, -0.1) is 0 Å². The normalized spacial score (nSPS) is 10.8. The molecule has 1 heterocycles. The molecule has 0 atom stereocenters. The van der Waals surface area contributed by atoms with E-state index in [2.05, 4.69) is 0 Å². The van der Waals surface area contributed by atoms with E-state index >= 15 is 0 Å². The van der Waals surface area contributed by atoms with Crippen LogP contribution in [0.2, 0.25) is 0 Å². The van der Waals surface area contributed by atoms with Gasteiger partial charge in [-0.3, -0.25) is 0 Å². The van der Waals surface area contributed by atoms with E-state index < -0.39 is 0 Å². The molecule has 0 aliphatic heterocycles. The predicted molar refractivity (Wildman–Crippen MR) is 63.3 cm³/mol. The Kier molecular flexibility index (Phi) is 1.93. The van der Waals surface area contributed by atoms with Crippen molar-refractivity contribution < 1.29 is 9.52 Å². The van der Waals surface area contributed by atoms with Gasteiger partial charge in [0.05, 0.1) is 6.26 Å². The molecule has 0 bridgehead atoms. The van der Waals surface area contributed by atoms with E-state index in [1.54, 1.807) is 12.3 Å². The zero-order valence-corrected chi connectivity index (χ0v) is 8.55. The van der Waals surface area contributed by atoms with Crippen molar-refractivity contribution >= 4 is 11.0 Å². The summed E-state index contributed by atoms with van der Waals surface area (Å²) in [6, 6.07) is 15.4. The van der Waals surface area contributed by atoms with Crippen LogP contribution < -0.4 is 0 Å². The van der Waals surface area contributed by atoms with E-state index in [9.17, 15) is 5.11 Å². The number of aromatic hydroxyl groups is 1. The van der Waals surface area contributed by atoms with Crippen molar-refractivity contribution in [2.75, 3.05) is 0 Å². The average Bonchev–Trinajstić information content (AvgIpc) is 2.75. The molecule has 0 aliphatic carbocycles. The van der Waals surface area contributed by atoms with Crippen LogP contribution in [0.25, 0.3) is 22.1 Å². The zero-order chi connectivity index (χ0) is 11.0. The number of para-hydroxylation sites is 1. The molecule has 2 aromatic carbocycles. The number of fused-ring (bicyclic) bond motifs is 1. The van der Waals surface area contributed by atoms with E-state index in [-0.39, 0.29) is 5.75 Å². The summed E-state index contributed by atoms with van der Waals surface area (Å²) in [6.45, 7) is 0. The first-order chi connectivity index (χ1) is 7.86. The molecule has 1 N–H and O–H groups in total. The summed E-state index contributed by atoms with van der Waals surface area (Å²) in [7, 11) is 0. The molecular formula is C14H10O2. The Hall–Kier alpha value is -2.22. The van der Waals surface area contributed by atoms with Gasteiger partial charge in [0.1, 0.15) is 0 Å². The summed E-state index contributed by atoms with van der Waals surface area (Å²) >= 11 is 0. The third kappa shape index (κ3) is 1.27. The SMILES string of the molecule is Oc1cccc2c(-c3ccccc3)coc12. The molecule has 0 radical (unpaired) electrons. The molecule has 1 aromatic heterocycles. The van der Waals surface area contributed by atoms with E-state index in [1.807, 2.05) is 42.5 Å². The second-order valence-corrected chi connectivity index (χ2v) is 3.67. The van der Waals surface area contributed by atoms with Crippen molar-refractivity contribution in [3.05, 3.63) is 54.8 Å². The maximum absolute atomic E-state index is 9.64. The van der Waals surface area contributed by atoms with Crippen molar-refractivity contribution in [1.82, 2.24) is 0 Å². The van der Waals surface area contributed by atoms with Crippen molar-refractivity contribution in [3.63, 3.8) is 0 Å². The smallest absolute Gasteiger partial charge is 0.176 e. The van der Waals surface area contributed by atoms with Gasteiger partial charge in [0.25, 0.3) is 0 Å². The van der Waals surface area contributed by atoms with Crippen LogP contribution >= 0.6 is 0 Å². The van der Waals surface area contributed by atoms with Crippen LogP contribution in [-0.4, -0.2) is 5.11 Å². The van der Waals surface area contributed by atoms with Gasteiger partial charge in [0.2, 0.25) is 0 Å². The van der Waals surface area contributed by atoms with Crippen LogP contribution in [0.1, 0.15) is 0 Å². The number of phenols is 1. The largest absolute Gasteiger partial charge is 0.504 e. The molecule has 0 unspecified atom stereocenters. The highest BCUT2D eigenvalue weighted by molar-refractivity contribution is 5.96. The molecule has 3 rings (SSSR count). The monoisotopic (exact) mass is 210 g/mol. The van der Waals surface area contributed by atoms with Crippen molar-refractivity contribution in [1.29, 1.82) is 0 Å². The average molecular weight is 210 g/mol. The molecule has 0 amide bonds. The second-order valence-electron chi connectivity index (χ2n) is 3.67. The molecule has 0 saturated heterocycles. The fraction of sp³-hybridized carbons (Fsp3) is 0. The second kappa shape index (κ2) is 3.42. The van der Waals surface area contributed by atoms with Crippen molar-refractivity contribution in [2.45, 2.75) is 0 Å². The first kappa shape index (κ1) is 9.04. The van der Waals surface area contributed by atoms with Gasteiger partial charge in [-0.25, -0.2) is 0 Å². The third-order valence-corrected chi connectivity index (χ3v) is 2.66. The lowest BCUT2D eigenvalue weighted by atomic mass is 10.1. The van der Waals surface area contributed by atoms with Gasteiger partial charge < -0.3 is 9.52 Å². The van der Waals surface area contributed by atoms with E-state index in [4.69, 9.17) is 4.42 Å². The van der Waals surface area contributed by atoms with Gasteiger partial charge in [0.15, 0.2) is 11.3 Å². The Morgan fingerprint density at radius 2 is 1.69 bits per heavy atom. The summed E-state index contributed by atoms with van der Waals surface area (Å²) in [5.41, 5.74) is 2.64. The lowest BCUT2D eigenvalue weighted by Gasteiger charge is -1.97. The molecule has 78 valence electrons. The fourth-order valence-electron chi connectivity index (χ4n) is 1.88. The summed E-state index contributed by atoms with van der Waals surface area (Å²) in [4.78, 5) is 0. The van der Waals surface area contributed by atoms with E-state index in [0.717, 1.165) is 16.5 Å². The Bertz CT molecular complexity index is 624. The number of phenolic OH excluding ortho intramolecular Hbond substituents is 1. The minimum absolute atomic E-state index is 0.180. The molecule has 16 heavy (non-hydrogen) atoms. The van der Waals surface area contributed by atoms with Gasteiger partial charge in [-0.2, -0.15) is 0 Å². The third-order valence-electron chi connectivity index (χ3n) is 2.66. The molecule has 2 nitrogen and oxygen atoms in total.